The molecule has 0 atom stereocenters. The molecule has 0 amide bonds. The number of fused-ring (bicyclic) bond motifs is 6. The van der Waals surface area contributed by atoms with Crippen LogP contribution in [0, 0.1) is 0 Å². The molecule has 0 saturated carbocycles. The Bertz CT molecular complexity index is 1880. The molecule has 2 aromatic heterocycles. The number of nitrogens with zero attached hydrogens (tertiary/aromatic N) is 1. The fourth-order valence-corrected chi connectivity index (χ4v) is 6.29. The first-order valence-electron chi connectivity index (χ1n) is 11.1. The molecule has 34 heavy (non-hydrogen) atoms. The highest BCUT2D eigenvalue weighted by molar-refractivity contribution is 9.11. The first-order chi connectivity index (χ1) is 16.7. The highest BCUT2D eigenvalue weighted by atomic mass is 79.9. The predicted molar refractivity (Wildman–Crippen MR) is 149 cm³/mol. The molecule has 0 radical (unpaired) electrons. The quantitative estimate of drug-likeness (QED) is 0.203. The van der Waals surface area contributed by atoms with E-state index in [0.29, 0.717) is 0 Å². The Morgan fingerprint density at radius 2 is 1.26 bits per heavy atom. The van der Waals surface area contributed by atoms with Crippen LogP contribution in [0.15, 0.2) is 116 Å². The second kappa shape index (κ2) is 7.59. The summed E-state index contributed by atoms with van der Waals surface area (Å²) in [5.41, 5.74) is 7.62. The van der Waals surface area contributed by atoms with Crippen LogP contribution in [0.3, 0.4) is 0 Å². The van der Waals surface area contributed by atoms with E-state index in [1.54, 1.807) is 0 Å². The van der Waals surface area contributed by atoms with Crippen LogP contribution in [-0.2, 0) is 0 Å². The number of hydrogen-bond acceptors (Lipinski definition) is 1. The summed E-state index contributed by atoms with van der Waals surface area (Å²) < 4.78 is 10.6. The molecule has 2 nitrogen and oxygen atoms in total. The molecule has 0 spiro atoms. The maximum Gasteiger partial charge on any atom is 0.149 e. The molecule has 4 heteroatoms. The Balaban J connectivity index is 1.48. The number of halogens is 2. The SMILES string of the molecule is Brc1cc(Br)c2oc3cc(-c4ccc5c6ccccc6n(-c6ccccc6)c5c4)ccc3c2c1. The van der Waals surface area contributed by atoms with E-state index in [4.69, 9.17) is 4.42 Å². The molecule has 0 aliphatic rings. The summed E-state index contributed by atoms with van der Waals surface area (Å²) >= 11 is 7.23. The van der Waals surface area contributed by atoms with Crippen LogP contribution >= 0.6 is 31.9 Å². The van der Waals surface area contributed by atoms with Gasteiger partial charge in [0.05, 0.1) is 15.5 Å². The van der Waals surface area contributed by atoms with Crippen molar-refractivity contribution in [2.75, 3.05) is 0 Å². The molecule has 0 saturated heterocycles. The van der Waals surface area contributed by atoms with Crippen molar-refractivity contribution in [1.82, 2.24) is 4.57 Å². The number of para-hydroxylation sites is 2. The molecule has 0 unspecified atom stereocenters. The largest absolute Gasteiger partial charge is 0.455 e. The lowest BCUT2D eigenvalue weighted by atomic mass is 10.0. The van der Waals surface area contributed by atoms with Gasteiger partial charge in [-0.25, -0.2) is 0 Å². The van der Waals surface area contributed by atoms with Crippen LogP contribution < -0.4 is 0 Å². The van der Waals surface area contributed by atoms with Gasteiger partial charge in [-0.15, -0.1) is 0 Å². The van der Waals surface area contributed by atoms with E-state index in [1.807, 2.05) is 6.07 Å². The Kier molecular flexibility index (Phi) is 4.48. The van der Waals surface area contributed by atoms with Crippen molar-refractivity contribution in [3.63, 3.8) is 0 Å². The van der Waals surface area contributed by atoms with Crippen molar-refractivity contribution in [3.05, 3.63) is 112 Å². The third-order valence-electron chi connectivity index (χ3n) is 6.51. The third kappa shape index (κ3) is 2.99. The second-order valence-electron chi connectivity index (χ2n) is 8.50. The lowest BCUT2D eigenvalue weighted by Gasteiger charge is -2.09. The van der Waals surface area contributed by atoms with Crippen molar-refractivity contribution in [3.8, 4) is 16.8 Å². The molecule has 5 aromatic carbocycles. The first-order valence-corrected chi connectivity index (χ1v) is 12.7. The summed E-state index contributed by atoms with van der Waals surface area (Å²) in [5.74, 6) is 0. The zero-order valence-corrected chi connectivity index (χ0v) is 21.1. The van der Waals surface area contributed by atoms with Crippen molar-refractivity contribution in [1.29, 1.82) is 0 Å². The van der Waals surface area contributed by atoms with Crippen molar-refractivity contribution >= 4 is 75.6 Å². The van der Waals surface area contributed by atoms with E-state index in [9.17, 15) is 0 Å². The predicted octanol–water partition coefficient (Wildman–Crippen LogP) is 9.88. The van der Waals surface area contributed by atoms with Gasteiger partial charge in [-0.1, -0.05) is 70.5 Å². The van der Waals surface area contributed by atoms with Gasteiger partial charge in [-0.2, -0.15) is 0 Å². The Morgan fingerprint density at radius 3 is 2.12 bits per heavy atom. The first kappa shape index (κ1) is 20.1. The molecule has 7 rings (SSSR count). The van der Waals surface area contributed by atoms with Crippen LogP contribution in [0.1, 0.15) is 0 Å². The maximum absolute atomic E-state index is 6.26. The van der Waals surface area contributed by atoms with E-state index in [1.165, 1.54) is 21.8 Å². The minimum absolute atomic E-state index is 0.870. The van der Waals surface area contributed by atoms with Crippen molar-refractivity contribution in [2.45, 2.75) is 0 Å². The summed E-state index contributed by atoms with van der Waals surface area (Å²) in [5, 5.41) is 4.72. The van der Waals surface area contributed by atoms with Gasteiger partial charge in [0.1, 0.15) is 11.2 Å². The molecule has 162 valence electrons. The summed E-state index contributed by atoms with van der Waals surface area (Å²) in [6, 6.07) is 36.5. The number of furan rings is 1. The fourth-order valence-electron chi connectivity index (χ4n) is 4.99. The van der Waals surface area contributed by atoms with E-state index < -0.39 is 0 Å². The lowest BCUT2D eigenvalue weighted by Crippen LogP contribution is -1.93. The van der Waals surface area contributed by atoms with E-state index in [2.05, 4.69) is 133 Å². The van der Waals surface area contributed by atoms with Crippen LogP contribution in [0.5, 0.6) is 0 Å². The summed E-state index contributed by atoms with van der Waals surface area (Å²) in [6.07, 6.45) is 0. The molecule has 0 fully saturated rings. The fraction of sp³-hybridized carbons (Fsp3) is 0. The van der Waals surface area contributed by atoms with Gasteiger partial charge in [0.25, 0.3) is 0 Å². The zero-order chi connectivity index (χ0) is 22.8. The topological polar surface area (TPSA) is 18.1 Å². The van der Waals surface area contributed by atoms with Crippen LogP contribution in [-0.4, -0.2) is 4.57 Å². The van der Waals surface area contributed by atoms with Crippen LogP contribution in [0.4, 0.5) is 0 Å². The molecular weight excluding hydrogens is 550 g/mol. The molecule has 2 heterocycles. The van der Waals surface area contributed by atoms with Gasteiger partial charge >= 0.3 is 0 Å². The van der Waals surface area contributed by atoms with Crippen LogP contribution in [0.25, 0.3) is 60.6 Å². The highest BCUT2D eigenvalue weighted by Crippen LogP contribution is 2.39. The Morgan fingerprint density at radius 1 is 0.559 bits per heavy atom. The van der Waals surface area contributed by atoms with Gasteiger partial charge in [0.15, 0.2) is 0 Å². The Labute approximate surface area is 212 Å². The van der Waals surface area contributed by atoms with Crippen molar-refractivity contribution < 1.29 is 4.42 Å². The molecule has 0 bridgehead atoms. The summed E-state index contributed by atoms with van der Waals surface area (Å²) in [6.45, 7) is 0. The van der Waals surface area contributed by atoms with Crippen LogP contribution in [0.2, 0.25) is 0 Å². The maximum atomic E-state index is 6.26. The lowest BCUT2D eigenvalue weighted by molar-refractivity contribution is 0.667. The standard InChI is InChI=1S/C30H17Br2NO/c31-20-16-25-24-13-11-19(15-29(24)34-30(25)26(32)17-20)18-10-12-23-22-8-4-5-9-27(22)33(28(23)14-18)21-6-2-1-3-7-21/h1-17H. The van der Waals surface area contributed by atoms with Gasteiger partial charge in [0, 0.05) is 31.7 Å². The average molecular weight is 567 g/mol. The van der Waals surface area contributed by atoms with Gasteiger partial charge in [-0.05, 0) is 75.6 Å². The van der Waals surface area contributed by atoms with Gasteiger partial charge in [-0.3, -0.25) is 0 Å². The number of aromatic nitrogens is 1. The third-order valence-corrected chi connectivity index (χ3v) is 7.56. The molecule has 0 N–H and O–H groups in total. The van der Waals surface area contributed by atoms with E-state index in [-0.39, 0.29) is 0 Å². The second-order valence-corrected chi connectivity index (χ2v) is 10.3. The number of rotatable bonds is 2. The monoisotopic (exact) mass is 565 g/mol. The molecule has 0 aliphatic heterocycles. The summed E-state index contributed by atoms with van der Waals surface area (Å²) in [7, 11) is 0. The number of hydrogen-bond donors (Lipinski definition) is 0. The zero-order valence-electron chi connectivity index (χ0n) is 17.9. The highest BCUT2D eigenvalue weighted by Gasteiger charge is 2.15. The molecular formula is C30H17Br2NO. The Hall–Kier alpha value is -3.34. The van der Waals surface area contributed by atoms with Gasteiger partial charge < -0.3 is 8.98 Å². The minimum atomic E-state index is 0.870. The van der Waals surface area contributed by atoms with Crippen molar-refractivity contribution in [2.24, 2.45) is 0 Å². The molecule has 7 aromatic rings. The number of benzene rings is 5. The summed E-state index contributed by atoms with van der Waals surface area (Å²) in [4.78, 5) is 0. The smallest absolute Gasteiger partial charge is 0.149 e. The minimum Gasteiger partial charge on any atom is -0.455 e. The normalized spacial score (nSPS) is 11.8. The average Bonchev–Trinajstić information content (AvgIpc) is 3.40. The molecule has 0 aliphatic carbocycles. The van der Waals surface area contributed by atoms with E-state index >= 15 is 0 Å². The van der Waals surface area contributed by atoms with E-state index in [0.717, 1.165) is 47.7 Å². The van der Waals surface area contributed by atoms with Gasteiger partial charge in [0.2, 0.25) is 0 Å².